The van der Waals surface area contributed by atoms with Crippen LogP contribution in [0.2, 0.25) is 0 Å². The first-order chi connectivity index (χ1) is 20.4. The van der Waals surface area contributed by atoms with Gasteiger partial charge in [-0.3, -0.25) is 14.4 Å². The minimum Gasteiger partial charge on any atom is -0.488 e. The zero-order valence-electron chi connectivity index (χ0n) is 27.9. The van der Waals surface area contributed by atoms with Crippen molar-refractivity contribution < 1.29 is 46.6 Å². The molecule has 0 saturated heterocycles. The highest BCUT2D eigenvalue weighted by atomic mass is 19.4. The maximum absolute atomic E-state index is 14.0. The van der Waals surface area contributed by atoms with E-state index in [4.69, 9.17) is 14.2 Å². The molecule has 254 valence electrons. The van der Waals surface area contributed by atoms with Crippen molar-refractivity contribution in [2.75, 3.05) is 6.54 Å². The van der Waals surface area contributed by atoms with E-state index in [1.54, 1.807) is 71.1 Å². The lowest BCUT2D eigenvalue weighted by Crippen LogP contribution is -2.52. The number of nitrogens with one attached hydrogen (secondary N) is 2. The van der Waals surface area contributed by atoms with Crippen LogP contribution in [-0.2, 0) is 35.1 Å². The monoisotopic (exact) mass is 642 g/mol. The molecule has 1 aliphatic rings. The molecule has 0 heterocycles. The van der Waals surface area contributed by atoms with Crippen molar-refractivity contribution in [1.29, 1.82) is 0 Å². The highest BCUT2D eigenvalue weighted by molar-refractivity contribution is 5.89. The van der Waals surface area contributed by atoms with E-state index in [0.29, 0.717) is 31.4 Å². The van der Waals surface area contributed by atoms with Gasteiger partial charge in [-0.05, 0) is 99.3 Å². The van der Waals surface area contributed by atoms with Gasteiger partial charge in [-0.25, -0.2) is 4.79 Å². The van der Waals surface area contributed by atoms with Crippen LogP contribution >= 0.6 is 0 Å². The minimum atomic E-state index is -5.14. The van der Waals surface area contributed by atoms with Crippen LogP contribution in [0, 0.1) is 11.3 Å². The topological polar surface area (TPSA) is 120 Å². The predicted octanol–water partition coefficient (Wildman–Crippen LogP) is 5.82. The highest BCUT2D eigenvalue weighted by Gasteiger charge is 2.47. The number of esters is 2. The molecule has 2 amide bonds. The zero-order chi connectivity index (χ0) is 34.4. The van der Waals surface area contributed by atoms with E-state index in [-0.39, 0.29) is 12.8 Å². The van der Waals surface area contributed by atoms with Crippen molar-refractivity contribution in [3.63, 3.8) is 0 Å². The second-order valence-corrected chi connectivity index (χ2v) is 14.8. The molecule has 2 atom stereocenters. The fourth-order valence-corrected chi connectivity index (χ4v) is 5.15. The first kappa shape index (κ1) is 37.9. The molecule has 0 bridgehead atoms. The van der Waals surface area contributed by atoms with Crippen molar-refractivity contribution in [2.24, 2.45) is 11.3 Å². The number of rotatable bonds is 11. The summed E-state index contributed by atoms with van der Waals surface area (Å²) in [6.07, 6.45) is -3.27. The lowest BCUT2D eigenvalue weighted by molar-refractivity contribution is -0.174. The molecule has 2 rings (SSSR count). The molecule has 1 fully saturated rings. The zero-order valence-corrected chi connectivity index (χ0v) is 27.9. The third kappa shape index (κ3) is 12.9. The average molecular weight is 643 g/mol. The first-order valence-electron chi connectivity index (χ1n) is 15.3. The van der Waals surface area contributed by atoms with Gasteiger partial charge in [-0.1, -0.05) is 25.0 Å². The van der Waals surface area contributed by atoms with Crippen molar-refractivity contribution in [3.05, 3.63) is 29.8 Å². The Morgan fingerprint density at radius 1 is 0.800 bits per heavy atom. The number of benzene rings is 1. The van der Waals surface area contributed by atoms with Gasteiger partial charge in [0, 0.05) is 13.0 Å². The Morgan fingerprint density at radius 2 is 1.31 bits per heavy atom. The number of carbonyl (C=O) groups excluding carboxylic acids is 4. The normalized spacial score (nSPS) is 16.7. The maximum atomic E-state index is 14.0. The molecule has 1 aliphatic carbocycles. The molecular weight excluding hydrogens is 593 g/mol. The molecule has 9 nitrogen and oxygen atoms in total. The van der Waals surface area contributed by atoms with Gasteiger partial charge in [-0.2, -0.15) is 13.2 Å². The molecule has 0 aliphatic heterocycles. The highest BCUT2D eigenvalue weighted by Crippen LogP contribution is 2.44. The summed E-state index contributed by atoms with van der Waals surface area (Å²) in [5, 5.41) is 4.62. The third-order valence-corrected chi connectivity index (χ3v) is 6.97. The molecule has 12 heteroatoms. The van der Waals surface area contributed by atoms with Crippen LogP contribution in [0.5, 0.6) is 5.75 Å². The first-order valence-corrected chi connectivity index (χ1v) is 15.3. The Labute approximate surface area is 264 Å². The number of ether oxygens (including phenoxy) is 3. The summed E-state index contributed by atoms with van der Waals surface area (Å²) < 4.78 is 55.8. The Balaban J connectivity index is 2.36. The van der Waals surface area contributed by atoms with E-state index in [1.165, 1.54) is 0 Å². The lowest BCUT2D eigenvalue weighted by Gasteiger charge is -2.34. The summed E-state index contributed by atoms with van der Waals surface area (Å²) >= 11 is 0. The number of hydrogen-bond acceptors (Lipinski definition) is 7. The van der Waals surface area contributed by atoms with Crippen LogP contribution in [-0.4, -0.2) is 59.3 Å². The van der Waals surface area contributed by atoms with Gasteiger partial charge in [-0.15, -0.1) is 0 Å². The Morgan fingerprint density at radius 3 is 1.78 bits per heavy atom. The van der Waals surface area contributed by atoms with Crippen LogP contribution in [0.25, 0.3) is 0 Å². The molecule has 1 saturated carbocycles. The largest absolute Gasteiger partial charge is 0.488 e. The molecule has 0 unspecified atom stereocenters. The van der Waals surface area contributed by atoms with E-state index in [1.807, 2.05) is 20.8 Å². The number of amides is 2. The third-order valence-electron chi connectivity index (χ3n) is 6.97. The molecule has 1 aromatic rings. The van der Waals surface area contributed by atoms with E-state index < -0.39 is 70.7 Å². The second-order valence-electron chi connectivity index (χ2n) is 14.8. The Hall–Kier alpha value is -3.31. The molecule has 0 aromatic heterocycles. The molecule has 1 aromatic carbocycles. The molecule has 0 radical (unpaired) electrons. The average Bonchev–Trinajstić information content (AvgIpc) is 3.33. The standard InChI is InChI=1S/C33H49F3N2O7/c1-29(2,3)43-23-14-12-21(13-15-23)18-24(26(40)45-31(7,8)9)38-27(41)32(16-10-11-17-32)19-22(25(39)44-30(4,5)6)20-37-28(42)33(34,35)36/h12-15,22,24H,10-11,16-20H2,1-9H3,(H,37,42)(H,38,41)/t22-,24-/m0/s1. The second kappa shape index (κ2) is 14.4. The van der Waals surface area contributed by atoms with E-state index in [0.717, 1.165) is 5.56 Å². The van der Waals surface area contributed by atoms with Crippen molar-refractivity contribution in [1.82, 2.24) is 10.6 Å². The van der Waals surface area contributed by atoms with Crippen LogP contribution in [0.4, 0.5) is 13.2 Å². The summed E-state index contributed by atoms with van der Waals surface area (Å²) in [4.78, 5) is 52.1. The minimum absolute atomic E-state index is 0.101. The quantitative estimate of drug-likeness (QED) is 0.292. The van der Waals surface area contributed by atoms with E-state index in [2.05, 4.69) is 5.32 Å². The number of halogens is 3. The van der Waals surface area contributed by atoms with Gasteiger partial charge in [0.15, 0.2) is 0 Å². The van der Waals surface area contributed by atoms with Gasteiger partial charge in [0.1, 0.15) is 28.6 Å². The lowest BCUT2D eigenvalue weighted by atomic mass is 9.76. The van der Waals surface area contributed by atoms with Crippen LogP contribution in [0.3, 0.4) is 0 Å². The van der Waals surface area contributed by atoms with Crippen molar-refractivity contribution in [2.45, 2.75) is 130 Å². The van der Waals surface area contributed by atoms with Gasteiger partial charge < -0.3 is 24.8 Å². The van der Waals surface area contributed by atoms with Crippen LogP contribution in [0.1, 0.15) is 100.0 Å². The van der Waals surface area contributed by atoms with Gasteiger partial charge >= 0.3 is 24.0 Å². The molecule has 2 N–H and O–H groups in total. The summed E-state index contributed by atoms with van der Waals surface area (Å²) in [6, 6.07) is 6.03. The Kier molecular flexibility index (Phi) is 12.1. The molecule has 45 heavy (non-hydrogen) atoms. The summed E-state index contributed by atoms with van der Waals surface area (Å²) in [7, 11) is 0. The molecular formula is C33H49F3N2O7. The van der Waals surface area contributed by atoms with Crippen LogP contribution < -0.4 is 15.4 Å². The van der Waals surface area contributed by atoms with E-state index in [9.17, 15) is 32.3 Å². The van der Waals surface area contributed by atoms with Crippen molar-refractivity contribution in [3.8, 4) is 5.75 Å². The Bertz CT molecular complexity index is 1190. The van der Waals surface area contributed by atoms with Gasteiger partial charge in [0.25, 0.3) is 0 Å². The number of hydrogen-bond donors (Lipinski definition) is 2. The fourth-order valence-electron chi connectivity index (χ4n) is 5.15. The van der Waals surface area contributed by atoms with Gasteiger partial charge in [0.2, 0.25) is 5.91 Å². The molecule has 0 spiro atoms. The maximum Gasteiger partial charge on any atom is 0.471 e. The summed E-state index contributed by atoms with van der Waals surface area (Å²) in [6.45, 7) is 15.1. The predicted molar refractivity (Wildman–Crippen MR) is 162 cm³/mol. The SMILES string of the molecule is CC(C)(C)OC(=O)[C@H](CNC(=O)C(F)(F)F)CC1(C(=O)N[C@@H](Cc2ccc(OC(C)(C)C)cc2)C(=O)OC(C)(C)C)CCCC1. The van der Waals surface area contributed by atoms with Crippen molar-refractivity contribution >= 4 is 23.8 Å². The summed E-state index contributed by atoms with van der Waals surface area (Å²) in [5.41, 5.74) is -2.65. The van der Waals surface area contributed by atoms with E-state index >= 15 is 0 Å². The smallest absolute Gasteiger partial charge is 0.471 e. The number of alkyl halides is 3. The van der Waals surface area contributed by atoms with Gasteiger partial charge in [0.05, 0.1) is 11.3 Å². The fraction of sp³-hybridized carbons (Fsp3) is 0.697. The van der Waals surface area contributed by atoms with Crippen LogP contribution in [0.15, 0.2) is 24.3 Å². The number of carbonyl (C=O) groups is 4. The summed E-state index contributed by atoms with van der Waals surface area (Å²) in [5.74, 6) is -4.79.